The summed E-state index contributed by atoms with van der Waals surface area (Å²) >= 11 is 0. The first kappa shape index (κ1) is 22.0. The van der Waals surface area contributed by atoms with Gasteiger partial charge in [0.2, 0.25) is 10.0 Å². The topological polar surface area (TPSA) is 77.9 Å². The molecule has 2 bridgehead atoms. The molecule has 1 aromatic rings. The van der Waals surface area contributed by atoms with Gasteiger partial charge in [-0.25, -0.2) is 17.6 Å². The predicted molar refractivity (Wildman–Crippen MR) is 96.0 cm³/mol. The highest BCUT2D eigenvalue weighted by Crippen LogP contribution is 2.37. The second-order valence-electron chi connectivity index (χ2n) is 7.55. The zero-order chi connectivity index (χ0) is 21.4. The quantitative estimate of drug-likeness (QED) is 0.732. The third kappa shape index (κ3) is 5.26. The van der Waals surface area contributed by atoms with Crippen LogP contribution in [0.5, 0.6) is 0 Å². The lowest BCUT2D eigenvalue weighted by atomic mass is 10.1. The fourth-order valence-corrected chi connectivity index (χ4v) is 5.75. The number of halogens is 4. The monoisotopic (exact) mass is 438 g/mol. The Kier molecular flexibility index (Phi) is 6.21. The van der Waals surface area contributed by atoms with Gasteiger partial charge in [0.05, 0.1) is 5.25 Å². The van der Waals surface area contributed by atoms with Gasteiger partial charge < -0.3 is 5.11 Å². The van der Waals surface area contributed by atoms with Gasteiger partial charge in [0.15, 0.2) is 0 Å². The van der Waals surface area contributed by atoms with Gasteiger partial charge in [-0.2, -0.15) is 17.5 Å². The Morgan fingerprint density at radius 2 is 1.66 bits per heavy atom. The number of aliphatic carboxylic acids is 1. The van der Waals surface area contributed by atoms with Crippen molar-refractivity contribution in [2.45, 2.75) is 55.7 Å². The van der Waals surface area contributed by atoms with Gasteiger partial charge in [-0.15, -0.1) is 0 Å². The molecule has 3 aliphatic rings. The first-order chi connectivity index (χ1) is 13.5. The molecular formula is C18H22F4N2O4S. The standard InChI is InChI=1S/C16H21FN2O2S.C2HF3O2/c17-13-3-1-2-12(8-13)9-19-14-4-5-15(19)11-18(10-14)22(20,21)16-6-7-16;3-2(4,5)1(6)7/h1-3,8,14-16H,4-7,9-11H2;(H,6,7). The van der Waals surface area contributed by atoms with E-state index in [1.807, 2.05) is 6.07 Å². The molecule has 29 heavy (non-hydrogen) atoms. The Morgan fingerprint density at radius 3 is 2.10 bits per heavy atom. The molecule has 1 aliphatic carbocycles. The largest absolute Gasteiger partial charge is 0.490 e. The van der Waals surface area contributed by atoms with E-state index < -0.39 is 22.2 Å². The highest BCUT2D eigenvalue weighted by atomic mass is 32.2. The third-order valence-electron chi connectivity index (χ3n) is 5.40. The number of carboxylic acid groups (broad SMARTS) is 1. The number of benzene rings is 1. The number of hydrogen-bond donors (Lipinski definition) is 1. The van der Waals surface area contributed by atoms with E-state index in [4.69, 9.17) is 9.90 Å². The van der Waals surface area contributed by atoms with Gasteiger partial charge in [0.25, 0.3) is 0 Å². The number of sulfonamides is 1. The van der Waals surface area contributed by atoms with E-state index in [0.717, 1.165) is 31.2 Å². The van der Waals surface area contributed by atoms with Crippen molar-refractivity contribution in [1.82, 2.24) is 9.21 Å². The fourth-order valence-electron chi connectivity index (χ4n) is 3.84. The molecule has 1 aromatic carbocycles. The van der Waals surface area contributed by atoms with E-state index in [9.17, 15) is 26.0 Å². The van der Waals surface area contributed by atoms with Gasteiger partial charge in [-0.1, -0.05) is 12.1 Å². The van der Waals surface area contributed by atoms with E-state index in [-0.39, 0.29) is 23.2 Å². The zero-order valence-electron chi connectivity index (χ0n) is 15.5. The number of carboxylic acids is 1. The van der Waals surface area contributed by atoms with Crippen LogP contribution in [0, 0.1) is 5.82 Å². The van der Waals surface area contributed by atoms with E-state index in [1.54, 1.807) is 16.4 Å². The first-order valence-corrected chi connectivity index (χ1v) is 10.8. The van der Waals surface area contributed by atoms with Crippen LogP contribution in [0.15, 0.2) is 24.3 Å². The van der Waals surface area contributed by atoms with Crippen LogP contribution in [-0.4, -0.2) is 65.3 Å². The van der Waals surface area contributed by atoms with E-state index in [0.29, 0.717) is 19.6 Å². The summed E-state index contributed by atoms with van der Waals surface area (Å²) in [4.78, 5) is 11.3. The predicted octanol–water partition coefficient (Wildman–Crippen LogP) is 2.60. The molecule has 1 N–H and O–H groups in total. The van der Waals surface area contributed by atoms with Gasteiger partial charge >= 0.3 is 12.1 Å². The van der Waals surface area contributed by atoms with Crippen LogP contribution in [0.25, 0.3) is 0 Å². The van der Waals surface area contributed by atoms with Crippen LogP contribution in [0.1, 0.15) is 31.2 Å². The minimum absolute atomic E-state index is 0.123. The molecule has 0 radical (unpaired) electrons. The number of piperazine rings is 1. The Labute approximate surface area is 166 Å². The number of hydrogen-bond acceptors (Lipinski definition) is 4. The van der Waals surface area contributed by atoms with Gasteiger partial charge in [-0.05, 0) is 43.4 Å². The Balaban J connectivity index is 0.000000298. The van der Waals surface area contributed by atoms with E-state index in [1.165, 1.54) is 6.07 Å². The number of rotatable bonds is 4. The summed E-state index contributed by atoms with van der Waals surface area (Å²) in [5.41, 5.74) is 0.968. The lowest BCUT2D eigenvalue weighted by Gasteiger charge is -2.40. The minimum atomic E-state index is -5.08. The van der Waals surface area contributed by atoms with Gasteiger partial charge in [0, 0.05) is 31.7 Å². The molecule has 2 heterocycles. The maximum atomic E-state index is 13.3. The molecule has 0 aromatic heterocycles. The Bertz CT molecular complexity index is 844. The fraction of sp³-hybridized carbons (Fsp3) is 0.611. The molecule has 4 rings (SSSR count). The van der Waals surface area contributed by atoms with Gasteiger partial charge in [0.1, 0.15) is 5.82 Å². The van der Waals surface area contributed by atoms with Crippen molar-refractivity contribution < 1.29 is 35.9 Å². The van der Waals surface area contributed by atoms with Crippen LogP contribution in [0.2, 0.25) is 0 Å². The zero-order valence-corrected chi connectivity index (χ0v) is 16.3. The Morgan fingerprint density at radius 1 is 1.10 bits per heavy atom. The average molecular weight is 438 g/mol. The Hall–Kier alpha value is -1.72. The highest BCUT2D eigenvalue weighted by molar-refractivity contribution is 7.90. The summed E-state index contributed by atoms with van der Waals surface area (Å²) in [5.74, 6) is -2.97. The lowest BCUT2D eigenvalue weighted by Crippen LogP contribution is -2.55. The molecule has 6 nitrogen and oxygen atoms in total. The van der Waals surface area contributed by atoms with Crippen LogP contribution < -0.4 is 0 Å². The van der Waals surface area contributed by atoms with Crippen LogP contribution in [-0.2, 0) is 21.4 Å². The molecule has 2 atom stereocenters. The molecule has 0 amide bonds. The van der Waals surface area contributed by atoms with Crippen LogP contribution >= 0.6 is 0 Å². The van der Waals surface area contributed by atoms with Crippen molar-refractivity contribution >= 4 is 16.0 Å². The lowest BCUT2D eigenvalue weighted by molar-refractivity contribution is -0.192. The maximum absolute atomic E-state index is 13.3. The van der Waals surface area contributed by atoms with Crippen LogP contribution in [0.3, 0.4) is 0 Å². The van der Waals surface area contributed by atoms with Crippen molar-refractivity contribution in [2.75, 3.05) is 13.1 Å². The third-order valence-corrected chi connectivity index (χ3v) is 7.73. The van der Waals surface area contributed by atoms with E-state index in [2.05, 4.69) is 4.90 Å². The molecular weight excluding hydrogens is 416 g/mol. The molecule has 2 saturated heterocycles. The average Bonchev–Trinajstić information content (AvgIpc) is 3.44. The van der Waals surface area contributed by atoms with Crippen molar-refractivity contribution in [3.05, 3.63) is 35.6 Å². The second kappa shape index (κ2) is 8.19. The summed E-state index contributed by atoms with van der Waals surface area (Å²) in [6.07, 6.45) is -1.37. The normalized spacial score (nSPS) is 25.4. The molecule has 2 aliphatic heterocycles. The van der Waals surface area contributed by atoms with Crippen LogP contribution in [0.4, 0.5) is 17.6 Å². The summed E-state index contributed by atoms with van der Waals surface area (Å²) in [5, 5.41) is 7.00. The van der Waals surface area contributed by atoms with Crippen molar-refractivity contribution in [1.29, 1.82) is 0 Å². The summed E-state index contributed by atoms with van der Waals surface area (Å²) < 4.78 is 71.7. The number of alkyl halides is 3. The first-order valence-electron chi connectivity index (χ1n) is 9.27. The SMILES string of the molecule is O=C(O)C(F)(F)F.O=S(=O)(C1CC1)N1CC2CCC(C1)N2Cc1cccc(F)c1. The van der Waals surface area contributed by atoms with Gasteiger partial charge in [-0.3, -0.25) is 4.90 Å². The minimum Gasteiger partial charge on any atom is -0.475 e. The summed E-state index contributed by atoms with van der Waals surface area (Å²) in [7, 11) is -3.07. The van der Waals surface area contributed by atoms with Crippen molar-refractivity contribution in [2.24, 2.45) is 0 Å². The molecule has 162 valence electrons. The smallest absolute Gasteiger partial charge is 0.475 e. The maximum Gasteiger partial charge on any atom is 0.490 e. The molecule has 0 spiro atoms. The number of nitrogens with zero attached hydrogens (tertiary/aromatic N) is 2. The molecule has 11 heteroatoms. The highest BCUT2D eigenvalue weighted by Gasteiger charge is 2.47. The van der Waals surface area contributed by atoms with Crippen molar-refractivity contribution in [3.63, 3.8) is 0 Å². The molecule has 1 saturated carbocycles. The van der Waals surface area contributed by atoms with Crippen molar-refractivity contribution in [3.8, 4) is 0 Å². The summed E-state index contributed by atoms with van der Waals surface area (Å²) in [6.45, 7) is 1.92. The number of fused-ring (bicyclic) bond motifs is 2. The van der Waals surface area contributed by atoms with E-state index >= 15 is 0 Å². The molecule has 2 unspecified atom stereocenters. The summed E-state index contributed by atoms with van der Waals surface area (Å²) in [6, 6.07) is 7.26. The molecule has 3 fully saturated rings. The second-order valence-corrected chi connectivity index (χ2v) is 9.76. The number of carbonyl (C=O) groups is 1.